The van der Waals surface area contributed by atoms with Gasteiger partial charge in [-0.25, -0.2) is 0 Å². The lowest BCUT2D eigenvalue weighted by molar-refractivity contribution is -0.117. The second-order valence-corrected chi connectivity index (χ2v) is 3.94. The molecule has 0 radical (unpaired) electrons. The molecule has 0 heterocycles. The van der Waals surface area contributed by atoms with E-state index in [1.54, 1.807) is 6.07 Å². The van der Waals surface area contributed by atoms with Crippen LogP contribution in [0, 0.1) is 0 Å². The molecular formula is C14H13NO2. The molecule has 0 aliphatic rings. The van der Waals surface area contributed by atoms with E-state index in [1.807, 2.05) is 30.3 Å². The van der Waals surface area contributed by atoms with Crippen LogP contribution in [0.5, 0.6) is 0 Å². The third-order valence-corrected chi connectivity index (χ3v) is 2.82. The molecule has 2 rings (SSSR count). The van der Waals surface area contributed by atoms with E-state index in [0.717, 1.165) is 22.6 Å². The third-order valence-electron chi connectivity index (χ3n) is 2.82. The molecule has 0 saturated heterocycles. The maximum atomic E-state index is 10.9. The van der Waals surface area contributed by atoms with E-state index >= 15 is 0 Å². The van der Waals surface area contributed by atoms with E-state index in [9.17, 15) is 9.59 Å². The predicted octanol–water partition coefficient (Wildman–Crippen LogP) is 2.07. The summed E-state index contributed by atoms with van der Waals surface area (Å²) in [5.74, 6) is -0.312. The van der Waals surface area contributed by atoms with Gasteiger partial charge in [-0.15, -0.1) is 0 Å². The first-order valence-corrected chi connectivity index (χ1v) is 5.46. The SMILES string of the molecule is NC(=O)CCc1ccc(C=O)c2ccccc12. The summed E-state index contributed by atoms with van der Waals surface area (Å²) in [6, 6.07) is 11.4. The molecule has 17 heavy (non-hydrogen) atoms. The van der Waals surface area contributed by atoms with E-state index in [-0.39, 0.29) is 5.91 Å². The Balaban J connectivity index is 2.50. The normalized spacial score (nSPS) is 10.4. The molecule has 2 N–H and O–H groups in total. The molecule has 0 saturated carbocycles. The molecule has 3 heteroatoms. The number of carbonyl (C=O) groups excluding carboxylic acids is 2. The van der Waals surface area contributed by atoms with E-state index in [2.05, 4.69) is 0 Å². The zero-order chi connectivity index (χ0) is 12.3. The Morgan fingerprint density at radius 1 is 1.12 bits per heavy atom. The Morgan fingerprint density at radius 3 is 2.47 bits per heavy atom. The number of aldehydes is 1. The van der Waals surface area contributed by atoms with Crippen LogP contribution in [0.25, 0.3) is 10.8 Å². The minimum Gasteiger partial charge on any atom is -0.370 e. The summed E-state index contributed by atoms with van der Waals surface area (Å²) >= 11 is 0. The number of aryl methyl sites for hydroxylation is 1. The van der Waals surface area contributed by atoms with Gasteiger partial charge in [0, 0.05) is 12.0 Å². The molecule has 1 amide bonds. The van der Waals surface area contributed by atoms with E-state index in [4.69, 9.17) is 5.73 Å². The quantitative estimate of drug-likeness (QED) is 0.813. The van der Waals surface area contributed by atoms with Gasteiger partial charge >= 0.3 is 0 Å². The number of fused-ring (bicyclic) bond motifs is 1. The van der Waals surface area contributed by atoms with Gasteiger partial charge in [0.1, 0.15) is 0 Å². The number of primary amides is 1. The summed E-state index contributed by atoms with van der Waals surface area (Å²) in [5.41, 5.74) is 6.86. The summed E-state index contributed by atoms with van der Waals surface area (Å²) in [6.45, 7) is 0. The molecule has 86 valence electrons. The van der Waals surface area contributed by atoms with Crippen LogP contribution in [0.15, 0.2) is 36.4 Å². The molecule has 0 aliphatic carbocycles. The molecule has 0 bridgehead atoms. The Kier molecular flexibility index (Phi) is 3.19. The van der Waals surface area contributed by atoms with Crippen LogP contribution >= 0.6 is 0 Å². The van der Waals surface area contributed by atoms with Crippen molar-refractivity contribution in [3.05, 3.63) is 47.5 Å². The average Bonchev–Trinajstić information content (AvgIpc) is 2.35. The van der Waals surface area contributed by atoms with Gasteiger partial charge in [0.2, 0.25) is 5.91 Å². The van der Waals surface area contributed by atoms with Gasteiger partial charge in [0.05, 0.1) is 0 Å². The van der Waals surface area contributed by atoms with Gasteiger partial charge in [0.25, 0.3) is 0 Å². The first-order chi connectivity index (χ1) is 8.22. The van der Waals surface area contributed by atoms with Crippen LogP contribution in [0.2, 0.25) is 0 Å². The molecule has 0 aliphatic heterocycles. The van der Waals surface area contributed by atoms with Gasteiger partial charge in [0.15, 0.2) is 6.29 Å². The van der Waals surface area contributed by atoms with Crippen molar-refractivity contribution in [3.8, 4) is 0 Å². The smallest absolute Gasteiger partial charge is 0.217 e. The number of benzene rings is 2. The highest BCUT2D eigenvalue weighted by Gasteiger charge is 2.05. The highest BCUT2D eigenvalue weighted by atomic mass is 16.1. The zero-order valence-electron chi connectivity index (χ0n) is 9.35. The number of hydrogen-bond acceptors (Lipinski definition) is 2. The van der Waals surface area contributed by atoms with Crippen molar-refractivity contribution in [1.82, 2.24) is 0 Å². The molecular weight excluding hydrogens is 214 g/mol. The van der Waals surface area contributed by atoms with Gasteiger partial charge in [-0.1, -0.05) is 36.4 Å². The molecule has 0 fully saturated rings. The van der Waals surface area contributed by atoms with Crippen LogP contribution in [0.3, 0.4) is 0 Å². The van der Waals surface area contributed by atoms with Gasteiger partial charge in [-0.05, 0) is 22.8 Å². The standard InChI is InChI=1S/C14H13NO2/c15-14(17)8-7-10-5-6-11(9-16)13-4-2-1-3-12(10)13/h1-6,9H,7-8H2,(H2,15,17). The lowest BCUT2D eigenvalue weighted by Crippen LogP contribution is -2.11. The van der Waals surface area contributed by atoms with Crippen molar-refractivity contribution in [2.75, 3.05) is 0 Å². The maximum Gasteiger partial charge on any atom is 0.217 e. The Morgan fingerprint density at radius 2 is 1.82 bits per heavy atom. The predicted molar refractivity (Wildman–Crippen MR) is 66.9 cm³/mol. The molecule has 0 aromatic heterocycles. The second kappa shape index (κ2) is 4.78. The zero-order valence-corrected chi connectivity index (χ0v) is 9.35. The van der Waals surface area contributed by atoms with Crippen LogP contribution in [-0.2, 0) is 11.2 Å². The third kappa shape index (κ3) is 2.33. The lowest BCUT2D eigenvalue weighted by atomic mass is 9.97. The van der Waals surface area contributed by atoms with Crippen molar-refractivity contribution in [3.63, 3.8) is 0 Å². The molecule has 0 unspecified atom stereocenters. The fraction of sp³-hybridized carbons (Fsp3) is 0.143. The largest absolute Gasteiger partial charge is 0.370 e. The fourth-order valence-electron chi connectivity index (χ4n) is 1.96. The summed E-state index contributed by atoms with van der Waals surface area (Å²) in [5, 5.41) is 1.93. The Hall–Kier alpha value is -2.16. The van der Waals surface area contributed by atoms with Crippen LogP contribution in [0.4, 0.5) is 0 Å². The lowest BCUT2D eigenvalue weighted by Gasteiger charge is -2.07. The molecule has 2 aromatic rings. The van der Waals surface area contributed by atoms with E-state index in [1.165, 1.54) is 0 Å². The molecule has 0 spiro atoms. The van der Waals surface area contributed by atoms with Crippen LogP contribution in [0.1, 0.15) is 22.3 Å². The molecule has 2 aromatic carbocycles. The minimum absolute atomic E-state index is 0.312. The fourth-order valence-corrected chi connectivity index (χ4v) is 1.96. The topological polar surface area (TPSA) is 60.2 Å². The van der Waals surface area contributed by atoms with Crippen LogP contribution in [-0.4, -0.2) is 12.2 Å². The average molecular weight is 227 g/mol. The number of rotatable bonds is 4. The highest BCUT2D eigenvalue weighted by molar-refractivity contribution is 5.99. The number of nitrogens with two attached hydrogens (primary N) is 1. The summed E-state index contributed by atoms with van der Waals surface area (Å²) in [6.07, 6.45) is 1.78. The van der Waals surface area contributed by atoms with Gasteiger partial charge in [-0.3, -0.25) is 9.59 Å². The second-order valence-electron chi connectivity index (χ2n) is 3.94. The monoisotopic (exact) mass is 227 g/mol. The summed E-state index contributed by atoms with van der Waals surface area (Å²) < 4.78 is 0. The highest BCUT2D eigenvalue weighted by Crippen LogP contribution is 2.22. The van der Waals surface area contributed by atoms with E-state index < -0.39 is 0 Å². The van der Waals surface area contributed by atoms with Gasteiger partial charge < -0.3 is 5.73 Å². The first kappa shape index (κ1) is 11.3. The number of amides is 1. The first-order valence-electron chi connectivity index (χ1n) is 5.46. The van der Waals surface area contributed by atoms with Crippen molar-refractivity contribution >= 4 is 23.0 Å². The summed E-state index contributed by atoms with van der Waals surface area (Å²) in [4.78, 5) is 21.7. The van der Waals surface area contributed by atoms with Crippen LogP contribution < -0.4 is 5.73 Å². The molecule has 0 atom stereocenters. The summed E-state index contributed by atoms with van der Waals surface area (Å²) in [7, 11) is 0. The maximum absolute atomic E-state index is 10.9. The van der Waals surface area contributed by atoms with Crippen molar-refractivity contribution in [1.29, 1.82) is 0 Å². The Bertz CT molecular complexity index is 575. The minimum atomic E-state index is -0.312. The van der Waals surface area contributed by atoms with E-state index in [0.29, 0.717) is 18.4 Å². The van der Waals surface area contributed by atoms with Gasteiger partial charge in [-0.2, -0.15) is 0 Å². The Labute approximate surface area is 99.2 Å². The molecule has 3 nitrogen and oxygen atoms in total. The number of hydrogen-bond donors (Lipinski definition) is 1. The van der Waals surface area contributed by atoms with Crippen molar-refractivity contribution in [2.45, 2.75) is 12.8 Å². The number of carbonyl (C=O) groups is 2. The van der Waals surface area contributed by atoms with Crippen molar-refractivity contribution < 1.29 is 9.59 Å². The van der Waals surface area contributed by atoms with Crippen molar-refractivity contribution in [2.24, 2.45) is 5.73 Å².